The van der Waals surface area contributed by atoms with Crippen LogP contribution in [0.25, 0.3) is 11.0 Å². The number of hydrogen-bond donors (Lipinski definition) is 1. The Labute approximate surface area is 104 Å². The molecule has 1 N–H and O–H groups in total. The van der Waals surface area contributed by atoms with Crippen molar-refractivity contribution in [3.63, 3.8) is 0 Å². The zero-order chi connectivity index (χ0) is 12.4. The Morgan fingerprint density at radius 2 is 2.33 bits per heavy atom. The van der Waals surface area contributed by atoms with E-state index in [1.165, 1.54) is 12.0 Å². The second-order valence-corrected chi connectivity index (χ2v) is 4.03. The second-order valence-electron chi connectivity index (χ2n) is 4.03. The third-order valence-electron chi connectivity index (χ3n) is 2.80. The Morgan fingerprint density at radius 3 is 3.11 bits per heavy atom. The molecule has 3 aromatic heterocycles. The van der Waals surface area contributed by atoms with Crippen LogP contribution in [0.1, 0.15) is 11.4 Å². The highest BCUT2D eigenvalue weighted by Crippen LogP contribution is 2.19. The highest BCUT2D eigenvalue weighted by molar-refractivity contribution is 5.80. The van der Waals surface area contributed by atoms with Crippen LogP contribution in [0.5, 0.6) is 0 Å². The van der Waals surface area contributed by atoms with Crippen LogP contribution in [-0.4, -0.2) is 26.7 Å². The van der Waals surface area contributed by atoms with Crippen LogP contribution in [0.4, 0.5) is 0 Å². The average Bonchev–Trinajstić information content (AvgIpc) is 3.00. The van der Waals surface area contributed by atoms with Gasteiger partial charge in [-0.1, -0.05) is 5.16 Å². The molecular weight excluding hydrogens is 230 g/mol. The first-order chi connectivity index (χ1) is 8.88. The molecule has 0 aliphatic heterocycles. The van der Waals surface area contributed by atoms with Crippen LogP contribution >= 0.6 is 0 Å². The minimum atomic E-state index is 0.563. The number of hydrogen-bond acceptors (Lipinski definition) is 5. The van der Waals surface area contributed by atoms with Crippen molar-refractivity contribution in [1.82, 2.24) is 25.0 Å². The number of nitrogens with zero attached hydrogens (tertiary/aromatic N) is 4. The quantitative estimate of drug-likeness (QED) is 0.745. The fraction of sp³-hybridized carbons (Fsp3) is 0.250. The number of aromatic nitrogens is 4. The predicted octanol–water partition coefficient (Wildman–Crippen LogP) is 1.19. The fourth-order valence-electron chi connectivity index (χ4n) is 2.06. The largest absolute Gasteiger partial charge is 0.343 e. The van der Waals surface area contributed by atoms with E-state index >= 15 is 0 Å². The van der Waals surface area contributed by atoms with Gasteiger partial charge < -0.3 is 14.4 Å². The Kier molecular flexibility index (Phi) is 2.77. The minimum Gasteiger partial charge on any atom is -0.343 e. The highest BCUT2D eigenvalue weighted by Gasteiger charge is 2.10. The normalized spacial score (nSPS) is 11.2. The topological polar surface area (TPSA) is 68.8 Å². The van der Waals surface area contributed by atoms with Gasteiger partial charge in [-0.05, 0) is 24.7 Å². The van der Waals surface area contributed by atoms with Crippen molar-refractivity contribution in [3.8, 4) is 0 Å². The molecule has 0 radical (unpaired) electrons. The van der Waals surface area contributed by atoms with Crippen molar-refractivity contribution in [2.45, 2.75) is 13.1 Å². The van der Waals surface area contributed by atoms with Gasteiger partial charge in [-0.2, -0.15) is 4.98 Å². The van der Waals surface area contributed by atoms with E-state index in [4.69, 9.17) is 4.52 Å². The van der Waals surface area contributed by atoms with Gasteiger partial charge in [-0.3, -0.25) is 0 Å². The van der Waals surface area contributed by atoms with Crippen LogP contribution in [0.3, 0.4) is 0 Å². The molecule has 3 heterocycles. The van der Waals surface area contributed by atoms with E-state index in [0.29, 0.717) is 12.4 Å². The summed E-state index contributed by atoms with van der Waals surface area (Å²) in [6.07, 6.45) is 5.20. The van der Waals surface area contributed by atoms with E-state index in [1.807, 2.05) is 17.7 Å². The monoisotopic (exact) mass is 243 g/mol. The van der Waals surface area contributed by atoms with Crippen LogP contribution in [0.2, 0.25) is 0 Å². The summed E-state index contributed by atoms with van der Waals surface area (Å²) < 4.78 is 6.78. The van der Waals surface area contributed by atoms with Gasteiger partial charge in [0.05, 0.1) is 6.54 Å². The van der Waals surface area contributed by atoms with Crippen LogP contribution < -0.4 is 5.32 Å². The number of nitrogens with one attached hydrogen (secondary N) is 1. The smallest absolute Gasteiger partial charge is 0.213 e. The summed E-state index contributed by atoms with van der Waals surface area (Å²) in [6, 6.07) is 4.02. The summed E-state index contributed by atoms with van der Waals surface area (Å²) in [5.74, 6) is 0.647. The molecule has 0 bridgehead atoms. The maximum atomic E-state index is 4.75. The van der Waals surface area contributed by atoms with E-state index in [-0.39, 0.29) is 0 Å². The van der Waals surface area contributed by atoms with E-state index < -0.39 is 0 Å². The van der Waals surface area contributed by atoms with Gasteiger partial charge in [0.2, 0.25) is 6.39 Å². The molecule has 6 nitrogen and oxygen atoms in total. The van der Waals surface area contributed by atoms with Gasteiger partial charge in [-0.25, -0.2) is 4.98 Å². The molecule has 0 fully saturated rings. The standard InChI is InChI=1S/C12H13N5O/c1-13-5-9-6-17(7-11-15-8-18-16-11)12-10(9)3-2-4-14-12/h2-4,6,8,13H,5,7H2,1H3. The molecule has 3 rings (SSSR count). The van der Waals surface area contributed by atoms with Gasteiger partial charge in [0.15, 0.2) is 5.82 Å². The molecule has 0 unspecified atom stereocenters. The first-order valence-corrected chi connectivity index (χ1v) is 5.71. The van der Waals surface area contributed by atoms with Gasteiger partial charge in [0.1, 0.15) is 5.65 Å². The first kappa shape index (κ1) is 10.9. The molecule has 0 saturated heterocycles. The van der Waals surface area contributed by atoms with Crippen LogP contribution in [0, 0.1) is 0 Å². The summed E-state index contributed by atoms with van der Waals surface area (Å²) >= 11 is 0. The summed E-state index contributed by atoms with van der Waals surface area (Å²) in [6.45, 7) is 1.37. The predicted molar refractivity (Wildman–Crippen MR) is 65.9 cm³/mol. The Hall–Kier alpha value is -2.21. The van der Waals surface area contributed by atoms with Crippen molar-refractivity contribution >= 4 is 11.0 Å². The van der Waals surface area contributed by atoms with Gasteiger partial charge in [0, 0.05) is 24.3 Å². The fourth-order valence-corrected chi connectivity index (χ4v) is 2.06. The molecule has 6 heteroatoms. The molecule has 0 aliphatic rings. The third-order valence-corrected chi connectivity index (χ3v) is 2.80. The van der Waals surface area contributed by atoms with E-state index in [0.717, 1.165) is 17.6 Å². The first-order valence-electron chi connectivity index (χ1n) is 5.71. The zero-order valence-corrected chi connectivity index (χ0v) is 10.00. The van der Waals surface area contributed by atoms with Crippen molar-refractivity contribution in [3.05, 3.63) is 42.3 Å². The molecule has 0 aromatic carbocycles. The van der Waals surface area contributed by atoms with E-state index in [9.17, 15) is 0 Å². The van der Waals surface area contributed by atoms with Gasteiger partial charge >= 0.3 is 0 Å². The molecule has 0 atom stereocenters. The Bertz CT molecular complexity index is 644. The molecule has 0 amide bonds. The summed E-state index contributed by atoms with van der Waals surface area (Å²) in [4.78, 5) is 8.45. The lowest BCUT2D eigenvalue weighted by molar-refractivity contribution is 0.408. The maximum Gasteiger partial charge on any atom is 0.213 e. The molecule has 92 valence electrons. The molecule has 18 heavy (non-hydrogen) atoms. The van der Waals surface area contributed by atoms with Crippen LogP contribution in [0.15, 0.2) is 35.4 Å². The van der Waals surface area contributed by atoms with E-state index in [1.54, 1.807) is 6.20 Å². The number of fused-ring (bicyclic) bond motifs is 1. The lowest BCUT2D eigenvalue weighted by Crippen LogP contribution is -2.04. The van der Waals surface area contributed by atoms with E-state index in [2.05, 4.69) is 32.7 Å². The lowest BCUT2D eigenvalue weighted by atomic mass is 10.2. The number of pyridine rings is 1. The van der Waals surface area contributed by atoms with Gasteiger partial charge in [-0.15, -0.1) is 0 Å². The Balaban J connectivity index is 2.05. The summed E-state index contributed by atoms with van der Waals surface area (Å²) in [5, 5.41) is 8.13. The molecule has 0 saturated carbocycles. The molecule has 0 spiro atoms. The molecular formula is C12H13N5O. The Morgan fingerprint density at radius 1 is 1.39 bits per heavy atom. The third kappa shape index (κ3) is 1.86. The summed E-state index contributed by atoms with van der Waals surface area (Å²) in [5.41, 5.74) is 2.15. The van der Waals surface area contributed by atoms with Crippen LogP contribution in [-0.2, 0) is 13.1 Å². The SMILES string of the molecule is CNCc1cn(Cc2ncon2)c2ncccc12. The minimum absolute atomic E-state index is 0.563. The number of rotatable bonds is 4. The molecule has 0 aliphatic carbocycles. The molecule has 3 aromatic rings. The van der Waals surface area contributed by atoms with Crippen molar-refractivity contribution in [2.24, 2.45) is 0 Å². The zero-order valence-electron chi connectivity index (χ0n) is 10.00. The van der Waals surface area contributed by atoms with Crippen molar-refractivity contribution in [2.75, 3.05) is 7.05 Å². The highest BCUT2D eigenvalue weighted by atomic mass is 16.5. The van der Waals surface area contributed by atoms with Gasteiger partial charge in [0.25, 0.3) is 0 Å². The van der Waals surface area contributed by atoms with Crippen molar-refractivity contribution in [1.29, 1.82) is 0 Å². The summed E-state index contributed by atoms with van der Waals surface area (Å²) in [7, 11) is 1.93. The maximum absolute atomic E-state index is 4.75. The second kappa shape index (κ2) is 4.58. The lowest BCUT2D eigenvalue weighted by Gasteiger charge is -1.99. The average molecular weight is 243 g/mol. The van der Waals surface area contributed by atoms with Crippen molar-refractivity contribution < 1.29 is 4.52 Å².